The number of aromatic amines is 1. The summed E-state index contributed by atoms with van der Waals surface area (Å²) in [6, 6.07) is 2.80. The lowest BCUT2D eigenvalue weighted by molar-refractivity contribution is -0.153. The third kappa shape index (κ3) is 3.19. The Morgan fingerprint density at radius 1 is 1.60 bits per heavy atom. The highest BCUT2D eigenvalue weighted by Crippen LogP contribution is 2.27. The van der Waals surface area contributed by atoms with Gasteiger partial charge in [-0.1, -0.05) is 0 Å². The van der Waals surface area contributed by atoms with E-state index >= 15 is 0 Å². The molecule has 2 rings (SSSR count). The molecule has 1 aromatic rings. The van der Waals surface area contributed by atoms with Crippen molar-refractivity contribution in [3.8, 4) is 0 Å². The van der Waals surface area contributed by atoms with E-state index in [1.54, 1.807) is 25.3 Å². The van der Waals surface area contributed by atoms with E-state index in [2.05, 4.69) is 4.98 Å². The summed E-state index contributed by atoms with van der Waals surface area (Å²) in [7, 11) is 0. The molecule has 1 saturated heterocycles. The van der Waals surface area contributed by atoms with Crippen LogP contribution in [0.2, 0.25) is 0 Å². The Hall–Kier alpha value is -1.82. The summed E-state index contributed by atoms with van der Waals surface area (Å²) < 4.78 is 5.04. The van der Waals surface area contributed by atoms with Gasteiger partial charge in [-0.15, -0.1) is 0 Å². The summed E-state index contributed by atoms with van der Waals surface area (Å²) in [4.78, 5) is 28.1. The Morgan fingerprint density at radius 2 is 2.40 bits per heavy atom. The molecule has 1 aliphatic heterocycles. The third-order valence-electron chi connectivity index (χ3n) is 3.59. The number of rotatable bonds is 5. The van der Waals surface area contributed by atoms with Gasteiger partial charge in [0.1, 0.15) is 6.04 Å². The highest BCUT2D eigenvalue weighted by molar-refractivity contribution is 5.76. The molecule has 1 fully saturated rings. The van der Waals surface area contributed by atoms with Crippen LogP contribution in [0.3, 0.4) is 0 Å². The highest BCUT2D eigenvalue weighted by Gasteiger charge is 2.35. The van der Waals surface area contributed by atoms with Gasteiger partial charge in [-0.2, -0.15) is 0 Å². The van der Waals surface area contributed by atoms with Crippen molar-refractivity contribution in [1.29, 1.82) is 0 Å². The fourth-order valence-corrected chi connectivity index (χ4v) is 2.69. The first-order valence-electron chi connectivity index (χ1n) is 6.90. The Balaban J connectivity index is 2.10. The van der Waals surface area contributed by atoms with Gasteiger partial charge in [0.2, 0.25) is 0 Å². The SMILES string of the molecule is CCOC(=O)C1CCCN(C(C(=O)O)c2ccc[nH]2)C1. The van der Waals surface area contributed by atoms with Crippen LogP contribution in [0.15, 0.2) is 18.3 Å². The normalized spacial score (nSPS) is 21.4. The molecule has 1 aliphatic rings. The second kappa shape index (κ2) is 6.56. The Bertz CT molecular complexity index is 458. The number of carbonyl (C=O) groups excluding carboxylic acids is 1. The molecule has 2 unspecified atom stereocenters. The molecule has 2 heterocycles. The van der Waals surface area contributed by atoms with Gasteiger partial charge in [0, 0.05) is 18.4 Å². The quantitative estimate of drug-likeness (QED) is 0.797. The van der Waals surface area contributed by atoms with Gasteiger partial charge in [0.15, 0.2) is 0 Å². The standard InChI is InChI=1S/C14H20N2O4/c1-2-20-14(19)10-5-4-8-16(9-10)12(13(17)18)11-6-3-7-15-11/h3,6-7,10,12,15H,2,4-5,8-9H2,1H3,(H,17,18). The van der Waals surface area contributed by atoms with Gasteiger partial charge in [-0.25, -0.2) is 0 Å². The number of hydrogen-bond donors (Lipinski definition) is 2. The minimum absolute atomic E-state index is 0.229. The number of esters is 1. The molecule has 0 bridgehead atoms. The number of ether oxygens (including phenoxy) is 1. The predicted molar refractivity (Wildman–Crippen MR) is 72.1 cm³/mol. The van der Waals surface area contributed by atoms with Crippen LogP contribution in [0.4, 0.5) is 0 Å². The maximum Gasteiger partial charge on any atom is 0.327 e. The fourth-order valence-electron chi connectivity index (χ4n) is 2.69. The summed E-state index contributed by atoms with van der Waals surface area (Å²) in [6.07, 6.45) is 3.26. The van der Waals surface area contributed by atoms with E-state index in [-0.39, 0.29) is 11.9 Å². The molecule has 0 spiro atoms. The van der Waals surface area contributed by atoms with Gasteiger partial charge >= 0.3 is 11.9 Å². The highest BCUT2D eigenvalue weighted by atomic mass is 16.5. The van der Waals surface area contributed by atoms with Crippen molar-refractivity contribution in [1.82, 2.24) is 9.88 Å². The zero-order valence-electron chi connectivity index (χ0n) is 11.5. The van der Waals surface area contributed by atoms with Crippen molar-refractivity contribution in [3.05, 3.63) is 24.0 Å². The van der Waals surface area contributed by atoms with Gasteiger partial charge < -0.3 is 14.8 Å². The number of hydrogen-bond acceptors (Lipinski definition) is 4. The predicted octanol–water partition coefficient (Wildman–Crippen LogP) is 1.42. The Morgan fingerprint density at radius 3 is 3.00 bits per heavy atom. The smallest absolute Gasteiger partial charge is 0.327 e. The average Bonchev–Trinajstić information content (AvgIpc) is 2.93. The number of carbonyl (C=O) groups is 2. The number of aliphatic carboxylic acids is 1. The fraction of sp³-hybridized carbons (Fsp3) is 0.571. The molecule has 20 heavy (non-hydrogen) atoms. The van der Waals surface area contributed by atoms with Crippen LogP contribution in [0.1, 0.15) is 31.5 Å². The van der Waals surface area contributed by atoms with Crippen molar-refractivity contribution < 1.29 is 19.4 Å². The maximum absolute atomic E-state index is 11.8. The molecule has 1 aromatic heterocycles. The number of H-pyrrole nitrogens is 1. The second-order valence-electron chi connectivity index (χ2n) is 4.95. The van der Waals surface area contributed by atoms with Crippen molar-refractivity contribution >= 4 is 11.9 Å². The summed E-state index contributed by atoms with van der Waals surface area (Å²) in [6.45, 7) is 3.23. The van der Waals surface area contributed by atoms with Crippen molar-refractivity contribution in [2.75, 3.05) is 19.7 Å². The van der Waals surface area contributed by atoms with E-state index in [0.29, 0.717) is 25.4 Å². The molecule has 0 aliphatic carbocycles. The molecule has 0 radical (unpaired) electrons. The van der Waals surface area contributed by atoms with E-state index in [1.165, 1.54) is 0 Å². The lowest BCUT2D eigenvalue weighted by Gasteiger charge is -2.35. The minimum atomic E-state index is -0.906. The number of nitrogens with zero attached hydrogens (tertiary/aromatic N) is 1. The molecule has 2 N–H and O–H groups in total. The lowest BCUT2D eigenvalue weighted by Crippen LogP contribution is -2.44. The summed E-state index contributed by atoms with van der Waals surface area (Å²) in [5, 5.41) is 9.45. The Labute approximate surface area is 117 Å². The van der Waals surface area contributed by atoms with E-state index in [9.17, 15) is 14.7 Å². The molecule has 6 heteroatoms. The van der Waals surface area contributed by atoms with Crippen LogP contribution < -0.4 is 0 Å². The van der Waals surface area contributed by atoms with Gasteiger partial charge in [-0.05, 0) is 38.4 Å². The van der Waals surface area contributed by atoms with Crippen LogP contribution in [0.25, 0.3) is 0 Å². The monoisotopic (exact) mass is 280 g/mol. The summed E-state index contributed by atoms with van der Waals surface area (Å²) in [5.41, 5.74) is 0.641. The molecular formula is C14H20N2O4. The van der Waals surface area contributed by atoms with Crippen molar-refractivity contribution in [2.24, 2.45) is 5.92 Å². The van der Waals surface area contributed by atoms with E-state index in [4.69, 9.17) is 4.74 Å². The first-order chi connectivity index (χ1) is 9.63. The number of likely N-dealkylation sites (tertiary alicyclic amines) is 1. The van der Waals surface area contributed by atoms with Crippen LogP contribution in [-0.2, 0) is 14.3 Å². The molecule has 110 valence electrons. The molecular weight excluding hydrogens is 260 g/mol. The van der Waals surface area contributed by atoms with E-state index in [0.717, 1.165) is 12.8 Å². The topological polar surface area (TPSA) is 82.6 Å². The third-order valence-corrected chi connectivity index (χ3v) is 3.59. The first-order valence-corrected chi connectivity index (χ1v) is 6.90. The molecule has 0 saturated carbocycles. The van der Waals surface area contributed by atoms with E-state index < -0.39 is 12.0 Å². The van der Waals surface area contributed by atoms with Crippen LogP contribution in [0.5, 0.6) is 0 Å². The number of carboxylic acids is 1. The molecule has 2 atom stereocenters. The van der Waals surface area contributed by atoms with Gasteiger partial charge in [0.25, 0.3) is 0 Å². The van der Waals surface area contributed by atoms with Crippen LogP contribution >= 0.6 is 0 Å². The minimum Gasteiger partial charge on any atom is -0.480 e. The Kier molecular flexibility index (Phi) is 4.79. The summed E-state index contributed by atoms with van der Waals surface area (Å²) in [5.74, 6) is -1.37. The summed E-state index contributed by atoms with van der Waals surface area (Å²) >= 11 is 0. The second-order valence-corrected chi connectivity index (χ2v) is 4.95. The zero-order valence-corrected chi connectivity index (χ0v) is 11.5. The van der Waals surface area contributed by atoms with Gasteiger partial charge in [-0.3, -0.25) is 14.5 Å². The molecule has 0 aromatic carbocycles. The van der Waals surface area contributed by atoms with Crippen molar-refractivity contribution in [3.63, 3.8) is 0 Å². The number of nitrogens with one attached hydrogen (secondary N) is 1. The number of piperidine rings is 1. The lowest BCUT2D eigenvalue weighted by atomic mass is 9.96. The average molecular weight is 280 g/mol. The number of aromatic nitrogens is 1. The largest absolute Gasteiger partial charge is 0.480 e. The van der Waals surface area contributed by atoms with Gasteiger partial charge in [0.05, 0.1) is 12.5 Å². The van der Waals surface area contributed by atoms with E-state index in [1.807, 2.05) is 4.90 Å². The van der Waals surface area contributed by atoms with Crippen LogP contribution in [0, 0.1) is 5.92 Å². The molecule has 6 nitrogen and oxygen atoms in total. The first kappa shape index (κ1) is 14.6. The van der Waals surface area contributed by atoms with Crippen LogP contribution in [-0.4, -0.2) is 46.6 Å². The molecule has 0 amide bonds. The number of carboxylic acid groups (broad SMARTS) is 1. The zero-order chi connectivity index (χ0) is 14.5. The van der Waals surface area contributed by atoms with Crippen molar-refractivity contribution in [2.45, 2.75) is 25.8 Å². The maximum atomic E-state index is 11.8.